The van der Waals surface area contributed by atoms with E-state index < -0.39 is 0 Å². The molecule has 0 aromatic carbocycles. The molecule has 2 aromatic heterocycles. The van der Waals surface area contributed by atoms with E-state index in [4.69, 9.17) is 4.74 Å². The van der Waals surface area contributed by atoms with E-state index in [1.807, 2.05) is 18.3 Å². The molecule has 0 bridgehead atoms. The van der Waals surface area contributed by atoms with Crippen LogP contribution in [0.25, 0.3) is 0 Å². The van der Waals surface area contributed by atoms with Crippen LogP contribution in [0.5, 0.6) is 5.88 Å². The van der Waals surface area contributed by atoms with Gasteiger partial charge in [0.25, 0.3) is 0 Å². The summed E-state index contributed by atoms with van der Waals surface area (Å²) in [5, 5.41) is 3.34. The first-order valence-electron chi connectivity index (χ1n) is 8.26. The van der Waals surface area contributed by atoms with Gasteiger partial charge in [0.2, 0.25) is 11.8 Å². The Hall–Kier alpha value is -2.41. The zero-order valence-corrected chi connectivity index (χ0v) is 14.2. The number of rotatable bonds is 6. The Bertz CT molecular complexity index is 630. The third kappa shape index (κ3) is 4.32. The van der Waals surface area contributed by atoms with Gasteiger partial charge in [-0.05, 0) is 19.1 Å². The van der Waals surface area contributed by atoms with Crippen LogP contribution in [-0.2, 0) is 0 Å². The molecule has 7 nitrogen and oxygen atoms in total. The molecule has 1 fully saturated rings. The Kier molecular flexibility index (Phi) is 5.43. The molecule has 3 rings (SSSR count). The number of anilines is 2. The van der Waals surface area contributed by atoms with Crippen LogP contribution in [0.3, 0.4) is 0 Å². The lowest BCUT2D eigenvalue weighted by molar-refractivity contribution is 0.250. The van der Waals surface area contributed by atoms with Gasteiger partial charge >= 0.3 is 0 Å². The molecule has 1 atom stereocenters. The highest BCUT2D eigenvalue weighted by atomic mass is 16.5. The largest absolute Gasteiger partial charge is 0.481 e. The average molecular weight is 328 g/mol. The summed E-state index contributed by atoms with van der Waals surface area (Å²) in [7, 11) is 1.61. The fourth-order valence-corrected chi connectivity index (χ4v) is 2.88. The fraction of sp³-hybridized carbons (Fsp3) is 0.471. The van der Waals surface area contributed by atoms with Crippen LogP contribution in [0.4, 0.5) is 11.8 Å². The summed E-state index contributed by atoms with van der Waals surface area (Å²) < 4.78 is 5.13. The van der Waals surface area contributed by atoms with Crippen molar-refractivity contribution >= 4 is 11.8 Å². The monoisotopic (exact) mass is 328 g/mol. The summed E-state index contributed by atoms with van der Waals surface area (Å²) in [5.74, 6) is 2.24. The summed E-state index contributed by atoms with van der Waals surface area (Å²) in [5.41, 5.74) is 0. The number of nitrogens with one attached hydrogen (secondary N) is 1. The Balaban J connectivity index is 1.47. The SMILES string of the molecule is COc1ccnc(NC(C)CN2CCN(c3ccccn3)CC2)n1. The van der Waals surface area contributed by atoms with E-state index in [1.165, 1.54) is 0 Å². The molecule has 0 spiro atoms. The molecule has 1 aliphatic rings. The van der Waals surface area contributed by atoms with Gasteiger partial charge < -0.3 is 15.0 Å². The van der Waals surface area contributed by atoms with Crippen molar-refractivity contribution in [2.24, 2.45) is 0 Å². The highest BCUT2D eigenvalue weighted by Crippen LogP contribution is 2.13. The van der Waals surface area contributed by atoms with Crippen molar-refractivity contribution in [3.63, 3.8) is 0 Å². The number of aromatic nitrogens is 3. The molecule has 0 radical (unpaired) electrons. The lowest BCUT2D eigenvalue weighted by Crippen LogP contribution is -2.49. The molecule has 3 heterocycles. The maximum absolute atomic E-state index is 5.13. The normalized spacial score (nSPS) is 16.7. The molecule has 128 valence electrons. The van der Waals surface area contributed by atoms with Gasteiger partial charge in [-0.2, -0.15) is 4.98 Å². The van der Waals surface area contributed by atoms with Crippen LogP contribution in [0.15, 0.2) is 36.7 Å². The second-order valence-electron chi connectivity index (χ2n) is 5.94. The van der Waals surface area contributed by atoms with Gasteiger partial charge in [0, 0.05) is 57.2 Å². The Morgan fingerprint density at radius 1 is 1.12 bits per heavy atom. The lowest BCUT2D eigenvalue weighted by atomic mass is 10.2. The van der Waals surface area contributed by atoms with Gasteiger partial charge in [0.15, 0.2) is 0 Å². The van der Waals surface area contributed by atoms with Crippen molar-refractivity contribution in [2.75, 3.05) is 50.1 Å². The maximum atomic E-state index is 5.13. The predicted octanol–water partition coefficient (Wildman–Crippen LogP) is 1.50. The van der Waals surface area contributed by atoms with Gasteiger partial charge in [0.1, 0.15) is 5.82 Å². The van der Waals surface area contributed by atoms with Gasteiger partial charge in [-0.1, -0.05) is 6.07 Å². The second kappa shape index (κ2) is 7.92. The summed E-state index contributed by atoms with van der Waals surface area (Å²) in [6.45, 7) is 7.16. The van der Waals surface area contributed by atoms with Crippen LogP contribution >= 0.6 is 0 Å². The average Bonchev–Trinajstić information content (AvgIpc) is 2.63. The third-order valence-electron chi connectivity index (χ3n) is 4.09. The van der Waals surface area contributed by atoms with Crippen molar-refractivity contribution in [3.8, 4) is 5.88 Å². The molecule has 24 heavy (non-hydrogen) atoms. The summed E-state index contributed by atoms with van der Waals surface area (Å²) >= 11 is 0. The number of hydrogen-bond acceptors (Lipinski definition) is 7. The molecule has 0 aliphatic carbocycles. The molecule has 1 saturated heterocycles. The number of methoxy groups -OCH3 is 1. The first kappa shape index (κ1) is 16.4. The zero-order valence-electron chi connectivity index (χ0n) is 14.2. The van der Waals surface area contributed by atoms with E-state index in [1.54, 1.807) is 19.4 Å². The van der Waals surface area contributed by atoms with Crippen molar-refractivity contribution in [3.05, 3.63) is 36.7 Å². The molecule has 2 aromatic rings. The Morgan fingerprint density at radius 3 is 2.67 bits per heavy atom. The van der Waals surface area contributed by atoms with Crippen LogP contribution in [0.1, 0.15) is 6.92 Å². The van der Waals surface area contributed by atoms with Gasteiger partial charge in [-0.3, -0.25) is 4.90 Å². The van der Waals surface area contributed by atoms with Crippen molar-refractivity contribution in [2.45, 2.75) is 13.0 Å². The minimum absolute atomic E-state index is 0.263. The van der Waals surface area contributed by atoms with E-state index in [0.29, 0.717) is 11.8 Å². The number of ether oxygens (including phenoxy) is 1. The maximum Gasteiger partial charge on any atom is 0.226 e. The van der Waals surface area contributed by atoms with Crippen LogP contribution in [0.2, 0.25) is 0 Å². The van der Waals surface area contributed by atoms with Gasteiger partial charge in [-0.25, -0.2) is 9.97 Å². The first-order chi connectivity index (χ1) is 11.7. The topological polar surface area (TPSA) is 66.4 Å². The molecule has 1 unspecified atom stereocenters. The lowest BCUT2D eigenvalue weighted by Gasteiger charge is -2.36. The molecule has 1 aliphatic heterocycles. The van der Waals surface area contributed by atoms with Crippen LogP contribution in [0, 0.1) is 0 Å². The fourth-order valence-electron chi connectivity index (χ4n) is 2.88. The smallest absolute Gasteiger partial charge is 0.226 e. The number of nitrogens with zero attached hydrogens (tertiary/aromatic N) is 5. The van der Waals surface area contributed by atoms with Gasteiger partial charge in [-0.15, -0.1) is 0 Å². The summed E-state index contributed by atoms with van der Waals surface area (Å²) in [4.78, 5) is 17.7. The van der Waals surface area contributed by atoms with E-state index in [2.05, 4.69) is 43.1 Å². The quantitative estimate of drug-likeness (QED) is 0.862. The molecule has 0 amide bonds. The molecular formula is C17H24N6O. The Morgan fingerprint density at radius 2 is 1.96 bits per heavy atom. The first-order valence-corrected chi connectivity index (χ1v) is 8.26. The second-order valence-corrected chi connectivity index (χ2v) is 5.94. The molecule has 1 N–H and O–H groups in total. The summed E-state index contributed by atoms with van der Waals surface area (Å²) in [6, 6.07) is 8.06. The van der Waals surface area contributed by atoms with Crippen LogP contribution in [-0.4, -0.2) is 65.7 Å². The minimum Gasteiger partial charge on any atom is -0.481 e. The third-order valence-corrected chi connectivity index (χ3v) is 4.09. The van der Waals surface area contributed by atoms with Crippen LogP contribution < -0.4 is 15.0 Å². The van der Waals surface area contributed by atoms with Crippen molar-refractivity contribution in [1.82, 2.24) is 19.9 Å². The van der Waals surface area contributed by atoms with Crippen molar-refractivity contribution < 1.29 is 4.74 Å². The molecule has 0 saturated carbocycles. The van der Waals surface area contributed by atoms with E-state index in [-0.39, 0.29) is 6.04 Å². The standard InChI is InChI=1S/C17H24N6O/c1-14(20-17-19-8-6-16(21-17)24-2)13-22-9-11-23(12-10-22)15-5-3-4-7-18-15/h3-8,14H,9-13H2,1-2H3,(H,19,20,21). The molecule has 7 heteroatoms. The molecular weight excluding hydrogens is 304 g/mol. The van der Waals surface area contributed by atoms with Crippen molar-refractivity contribution in [1.29, 1.82) is 0 Å². The van der Waals surface area contributed by atoms with E-state index in [0.717, 1.165) is 38.5 Å². The number of pyridine rings is 1. The van der Waals surface area contributed by atoms with E-state index in [9.17, 15) is 0 Å². The summed E-state index contributed by atoms with van der Waals surface area (Å²) in [6.07, 6.45) is 3.55. The number of hydrogen-bond donors (Lipinski definition) is 1. The number of piperazine rings is 1. The Labute approximate surface area is 142 Å². The van der Waals surface area contributed by atoms with E-state index >= 15 is 0 Å². The zero-order chi connectivity index (χ0) is 16.8. The highest BCUT2D eigenvalue weighted by Gasteiger charge is 2.19. The predicted molar refractivity (Wildman–Crippen MR) is 94.6 cm³/mol. The minimum atomic E-state index is 0.263. The van der Waals surface area contributed by atoms with Gasteiger partial charge in [0.05, 0.1) is 7.11 Å². The highest BCUT2D eigenvalue weighted by molar-refractivity contribution is 5.38.